The second-order valence-corrected chi connectivity index (χ2v) is 7.85. The number of nitrogens with zero attached hydrogens (tertiary/aromatic N) is 3. The average Bonchev–Trinajstić information content (AvgIpc) is 3.01. The zero-order valence-electron chi connectivity index (χ0n) is 12.3. The van der Waals surface area contributed by atoms with Crippen LogP contribution in [0.2, 0.25) is 0 Å². The van der Waals surface area contributed by atoms with Gasteiger partial charge in [-0.1, -0.05) is 5.16 Å². The summed E-state index contributed by atoms with van der Waals surface area (Å²) < 4.78 is 30.8. The van der Waals surface area contributed by atoms with Gasteiger partial charge in [0.05, 0.1) is 11.8 Å². The van der Waals surface area contributed by atoms with Gasteiger partial charge in [-0.15, -0.1) is 0 Å². The molecule has 1 aliphatic heterocycles. The molecule has 1 aliphatic carbocycles. The highest BCUT2D eigenvalue weighted by Crippen LogP contribution is 2.40. The molecule has 1 saturated carbocycles. The lowest BCUT2D eigenvalue weighted by atomic mass is 10.2. The van der Waals surface area contributed by atoms with E-state index in [2.05, 4.69) is 19.8 Å². The Kier molecular flexibility index (Phi) is 4.28. The SMILES string of the molecule is CCS(=O)(=O)NCCN1CCCC1c1noc(C2CC2)n1. The molecule has 1 aromatic heterocycles. The van der Waals surface area contributed by atoms with Crippen molar-refractivity contribution >= 4 is 10.0 Å². The van der Waals surface area contributed by atoms with E-state index in [4.69, 9.17) is 4.52 Å². The van der Waals surface area contributed by atoms with Crippen molar-refractivity contribution in [1.29, 1.82) is 0 Å². The molecular formula is C13H22N4O3S. The van der Waals surface area contributed by atoms with Crippen LogP contribution in [0.15, 0.2) is 4.52 Å². The van der Waals surface area contributed by atoms with Crippen LogP contribution >= 0.6 is 0 Å². The maximum Gasteiger partial charge on any atom is 0.229 e. The van der Waals surface area contributed by atoms with Gasteiger partial charge in [-0.05, 0) is 39.2 Å². The molecule has 2 aliphatic rings. The van der Waals surface area contributed by atoms with E-state index in [0.29, 0.717) is 19.0 Å². The van der Waals surface area contributed by atoms with E-state index >= 15 is 0 Å². The summed E-state index contributed by atoms with van der Waals surface area (Å²) in [6, 6.07) is 0.160. The fourth-order valence-corrected chi connectivity index (χ4v) is 3.32. The summed E-state index contributed by atoms with van der Waals surface area (Å²) >= 11 is 0. The molecular weight excluding hydrogens is 292 g/mol. The third kappa shape index (κ3) is 3.61. The molecule has 2 heterocycles. The fourth-order valence-electron chi connectivity index (χ4n) is 2.71. The predicted octanol–water partition coefficient (Wildman–Crippen LogP) is 1.02. The van der Waals surface area contributed by atoms with Gasteiger partial charge in [0.2, 0.25) is 15.9 Å². The minimum absolute atomic E-state index is 0.117. The Morgan fingerprint density at radius 1 is 1.38 bits per heavy atom. The van der Waals surface area contributed by atoms with E-state index in [-0.39, 0.29) is 11.8 Å². The van der Waals surface area contributed by atoms with E-state index in [1.165, 1.54) is 0 Å². The first-order valence-electron chi connectivity index (χ1n) is 7.64. The number of aromatic nitrogens is 2. The van der Waals surface area contributed by atoms with Gasteiger partial charge >= 0.3 is 0 Å². The van der Waals surface area contributed by atoms with Crippen LogP contribution in [0.4, 0.5) is 0 Å². The van der Waals surface area contributed by atoms with E-state index in [9.17, 15) is 8.42 Å². The van der Waals surface area contributed by atoms with Crippen molar-refractivity contribution in [2.24, 2.45) is 0 Å². The molecule has 0 aromatic carbocycles. The molecule has 1 aromatic rings. The molecule has 0 amide bonds. The third-order valence-electron chi connectivity index (χ3n) is 4.15. The summed E-state index contributed by atoms with van der Waals surface area (Å²) in [5.41, 5.74) is 0. The van der Waals surface area contributed by atoms with Crippen molar-refractivity contribution in [2.45, 2.75) is 44.6 Å². The largest absolute Gasteiger partial charge is 0.339 e. The molecule has 0 radical (unpaired) electrons. The maximum absolute atomic E-state index is 11.4. The molecule has 8 heteroatoms. The Labute approximate surface area is 125 Å². The summed E-state index contributed by atoms with van der Waals surface area (Å²) in [6.45, 7) is 3.70. The summed E-state index contributed by atoms with van der Waals surface area (Å²) in [7, 11) is -3.12. The molecule has 0 spiro atoms. The van der Waals surface area contributed by atoms with Crippen LogP contribution in [0, 0.1) is 0 Å². The molecule has 7 nitrogen and oxygen atoms in total. The first-order valence-corrected chi connectivity index (χ1v) is 9.29. The summed E-state index contributed by atoms with van der Waals surface area (Å²) in [4.78, 5) is 6.76. The van der Waals surface area contributed by atoms with Crippen molar-refractivity contribution < 1.29 is 12.9 Å². The number of sulfonamides is 1. The first-order chi connectivity index (χ1) is 10.1. The van der Waals surface area contributed by atoms with E-state index in [1.807, 2.05) is 0 Å². The lowest BCUT2D eigenvalue weighted by Gasteiger charge is -2.21. The van der Waals surface area contributed by atoms with Crippen molar-refractivity contribution in [1.82, 2.24) is 19.8 Å². The molecule has 1 N–H and O–H groups in total. The van der Waals surface area contributed by atoms with Crippen LogP contribution in [-0.2, 0) is 10.0 Å². The van der Waals surface area contributed by atoms with Crippen molar-refractivity contribution in [3.8, 4) is 0 Å². The van der Waals surface area contributed by atoms with Gasteiger partial charge in [-0.2, -0.15) is 4.98 Å². The van der Waals surface area contributed by atoms with E-state index < -0.39 is 10.0 Å². The monoisotopic (exact) mass is 314 g/mol. The standard InChI is InChI=1S/C13H22N4O3S/c1-2-21(18,19)14-7-9-17-8-3-4-11(17)12-15-13(20-16-12)10-5-6-10/h10-11,14H,2-9H2,1H3. The fraction of sp³-hybridized carbons (Fsp3) is 0.846. The highest BCUT2D eigenvalue weighted by atomic mass is 32.2. The molecule has 118 valence electrons. The van der Waals surface area contributed by atoms with Gasteiger partial charge in [0.25, 0.3) is 0 Å². The Morgan fingerprint density at radius 3 is 2.90 bits per heavy atom. The summed E-state index contributed by atoms with van der Waals surface area (Å²) in [6.07, 6.45) is 4.38. The number of nitrogens with one attached hydrogen (secondary N) is 1. The maximum atomic E-state index is 11.4. The summed E-state index contributed by atoms with van der Waals surface area (Å²) in [5.74, 6) is 2.11. The molecule has 21 heavy (non-hydrogen) atoms. The van der Waals surface area contributed by atoms with Crippen LogP contribution in [0.1, 0.15) is 56.3 Å². The number of hydrogen-bond acceptors (Lipinski definition) is 6. The van der Waals surface area contributed by atoms with Gasteiger partial charge in [0.1, 0.15) is 0 Å². The molecule has 2 fully saturated rings. The van der Waals surface area contributed by atoms with Crippen LogP contribution in [-0.4, -0.2) is 48.8 Å². The number of rotatable bonds is 7. The van der Waals surface area contributed by atoms with Crippen molar-refractivity contribution in [2.75, 3.05) is 25.4 Å². The van der Waals surface area contributed by atoms with Gasteiger partial charge in [0.15, 0.2) is 5.82 Å². The van der Waals surface area contributed by atoms with Crippen molar-refractivity contribution in [3.63, 3.8) is 0 Å². The molecule has 3 rings (SSSR count). The molecule has 1 unspecified atom stereocenters. The molecule has 0 bridgehead atoms. The zero-order chi connectivity index (χ0) is 14.9. The molecule has 1 atom stereocenters. The van der Waals surface area contributed by atoms with E-state index in [0.717, 1.165) is 43.9 Å². The van der Waals surface area contributed by atoms with E-state index in [1.54, 1.807) is 6.92 Å². The Hall–Kier alpha value is -0.990. The highest BCUT2D eigenvalue weighted by molar-refractivity contribution is 7.89. The second kappa shape index (κ2) is 6.02. The molecule has 1 saturated heterocycles. The zero-order valence-corrected chi connectivity index (χ0v) is 13.1. The number of likely N-dealkylation sites (tertiary alicyclic amines) is 1. The first kappa shape index (κ1) is 14.9. The topological polar surface area (TPSA) is 88.3 Å². The smallest absolute Gasteiger partial charge is 0.229 e. The Bertz CT molecular complexity index is 582. The average molecular weight is 314 g/mol. The highest BCUT2D eigenvalue weighted by Gasteiger charge is 2.34. The minimum Gasteiger partial charge on any atom is -0.339 e. The van der Waals surface area contributed by atoms with Crippen LogP contribution in [0.5, 0.6) is 0 Å². The normalized spacial score (nSPS) is 23.8. The lowest BCUT2D eigenvalue weighted by Crippen LogP contribution is -2.35. The Morgan fingerprint density at radius 2 is 2.19 bits per heavy atom. The van der Waals surface area contributed by atoms with Gasteiger partial charge in [-0.3, -0.25) is 4.90 Å². The predicted molar refractivity (Wildman–Crippen MR) is 77.3 cm³/mol. The van der Waals surface area contributed by atoms with Crippen LogP contribution < -0.4 is 4.72 Å². The Balaban J connectivity index is 1.57. The summed E-state index contributed by atoms with van der Waals surface area (Å²) in [5, 5.41) is 4.12. The van der Waals surface area contributed by atoms with Gasteiger partial charge < -0.3 is 4.52 Å². The quantitative estimate of drug-likeness (QED) is 0.808. The number of hydrogen-bond donors (Lipinski definition) is 1. The minimum atomic E-state index is -3.12. The van der Waals surface area contributed by atoms with Crippen LogP contribution in [0.25, 0.3) is 0 Å². The second-order valence-electron chi connectivity index (χ2n) is 5.76. The van der Waals surface area contributed by atoms with Crippen LogP contribution in [0.3, 0.4) is 0 Å². The van der Waals surface area contributed by atoms with Gasteiger partial charge in [-0.25, -0.2) is 13.1 Å². The third-order valence-corrected chi connectivity index (χ3v) is 5.55. The van der Waals surface area contributed by atoms with Crippen molar-refractivity contribution in [3.05, 3.63) is 11.7 Å². The lowest BCUT2D eigenvalue weighted by molar-refractivity contribution is 0.246. The van der Waals surface area contributed by atoms with Gasteiger partial charge in [0, 0.05) is 19.0 Å².